The first-order chi connectivity index (χ1) is 4.61. The predicted molar refractivity (Wildman–Crippen MR) is 42.4 cm³/mol. The van der Waals surface area contributed by atoms with Crippen LogP contribution in [0.2, 0.25) is 5.28 Å². The van der Waals surface area contributed by atoms with E-state index in [1.165, 1.54) is 0 Å². The molecule has 1 aromatic rings. The molecule has 1 aromatic heterocycles. The van der Waals surface area contributed by atoms with Gasteiger partial charge in [0.1, 0.15) is 0 Å². The molecule has 0 bridgehead atoms. The summed E-state index contributed by atoms with van der Waals surface area (Å²) in [6.45, 7) is 6.09. The van der Waals surface area contributed by atoms with Crippen LogP contribution in [0.25, 0.3) is 0 Å². The van der Waals surface area contributed by atoms with Gasteiger partial charge in [-0.1, -0.05) is 0 Å². The molecule has 0 unspecified atom stereocenters. The van der Waals surface area contributed by atoms with Gasteiger partial charge in [-0.15, -0.1) is 0 Å². The molecule has 0 spiro atoms. The number of rotatable bonds is 1. The smallest absolute Gasteiger partial charge is 0.203 e. The molecular weight excluding hydrogens is 148 g/mol. The van der Waals surface area contributed by atoms with Crippen molar-refractivity contribution in [2.75, 3.05) is 0 Å². The molecule has 0 saturated carbocycles. The van der Waals surface area contributed by atoms with Gasteiger partial charge in [0.25, 0.3) is 0 Å². The zero-order valence-electron chi connectivity index (χ0n) is 6.43. The topological polar surface area (TPSA) is 17.8 Å². The lowest BCUT2D eigenvalue weighted by Gasteiger charge is -2.05. The van der Waals surface area contributed by atoms with Crippen LogP contribution in [0.4, 0.5) is 0 Å². The molecular formula is C7H11ClN2. The van der Waals surface area contributed by atoms with Gasteiger partial charge in [-0.2, -0.15) is 0 Å². The predicted octanol–water partition coefficient (Wildman–Crippen LogP) is 2.43. The van der Waals surface area contributed by atoms with Gasteiger partial charge in [0.15, 0.2) is 0 Å². The van der Waals surface area contributed by atoms with Crippen LogP contribution in [0, 0.1) is 6.92 Å². The number of hydrogen-bond donors (Lipinski definition) is 0. The van der Waals surface area contributed by atoms with Crippen molar-refractivity contribution >= 4 is 11.6 Å². The second kappa shape index (κ2) is 2.62. The Hall–Kier alpha value is -0.500. The summed E-state index contributed by atoms with van der Waals surface area (Å²) in [6.07, 6.45) is 1.95. The third-order valence-corrected chi connectivity index (χ3v) is 1.64. The quantitative estimate of drug-likeness (QED) is 0.614. The zero-order chi connectivity index (χ0) is 7.72. The van der Waals surface area contributed by atoms with Crippen LogP contribution in [-0.4, -0.2) is 9.55 Å². The van der Waals surface area contributed by atoms with Crippen molar-refractivity contribution in [2.45, 2.75) is 26.8 Å². The number of aromatic nitrogens is 2. The van der Waals surface area contributed by atoms with Gasteiger partial charge in [-0.25, -0.2) is 4.98 Å². The molecule has 56 valence electrons. The molecule has 0 atom stereocenters. The van der Waals surface area contributed by atoms with Crippen LogP contribution in [0.5, 0.6) is 0 Å². The molecule has 0 aliphatic heterocycles. The van der Waals surface area contributed by atoms with Crippen LogP contribution >= 0.6 is 11.6 Å². The van der Waals surface area contributed by atoms with E-state index in [-0.39, 0.29) is 0 Å². The number of hydrogen-bond acceptors (Lipinski definition) is 1. The molecule has 0 aromatic carbocycles. The number of aryl methyl sites for hydroxylation is 1. The van der Waals surface area contributed by atoms with Gasteiger partial charge in [-0.3, -0.25) is 0 Å². The fraction of sp³-hybridized carbons (Fsp3) is 0.571. The van der Waals surface area contributed by atoms with E-state index in [0.717, 1.165) is 5.69 Å². The van der Waals surface area contributed by atoms with Crippen molar-refractivity contribution < 1.29 is 0 Å². The molecule has 1 rings (SSSR count). The van der Waals surface area contributed by atoms with Crippen LogP contribution in [-0.2, 0) is 0 Å². The first kappa shape index (κ1) is 7.61. The maximum atomic E-state index is 5.79. The summed E-state index contributed by atoms with van der Waals surface area (Å²) in [7, 11) is 0. The molecule has 0 fully saturated rings. The van der Waals surface area contributed by atoms with Crippen LogP contribution < -0.4 is 0 Å². The van der Waals surface area contributed by atoms with Gasteiger partial charge in [0, 0.05) is 12.2 Å². The monoisotopic (exact) mass is 158 g/mol. The molecule has 0 N–H and O–H groups in total. The van der Waals surface area contributed by atoms with Gasteiger partial charge < -0.3 is 4.57 Å². The Morgan fingerprint density at radius 3 is 2.40 bits per heavy atom. The molecule has 0 amide bonds. The van der Waals surface area contributed by atoms with E-state index in [0.29, 0.717) is 11.3 Å². The maximum Gasteiger partial charge on any atom is 0.203 e. The number of nitrogens with zero attached hydrogens (tertiary/aromatic N) is 2. The average molecular weight is 159 g/mol. The molecule has 0 saturated heterocycles. The zero-order valence-corrected chi connectivity index (χ0v) is 7.18. The van der Waals surface area contributed by atoms with E-state index in [9.17, 15) is 0 Å². The number of halogens is 1. The Morgan fingerprint density at radius 1 is 1.60 bits per heavy atom. The highest BCUT2D eigenvalue weighted by atomic mass is 35.5. The Morgan fingerprint density at radius 2 is 2.20 bits per heavy atom. The molecule has 2 nitrogen and oxygen atoms in total. The first-order valence-corrected chi connectivity index (χ1v) is 3.70. The summed E-state index contributed by atoms with van der Waals surface area (Å²) in [5.74, 6) is 0. The minimum atomic E-state index is 0.397. The van der Waals surface area contributed by atoms with Gasteiger partial charge in [0.2, 0.25) is 5.28 Å². The summed E-state index contributed by atoms with van der Waals surface area (Å²) in [6, 6.07) is 0.397. The minimum Gasteiger partial charge on any atom is -0.319 e. The van der Waals surface area contributed by atoms with Crippen LogP contribution in [0.3, 0.4) is 0 Å². The van der Waals surface area contributed by atoms with E-state index in [2.05, 4.69) is 18.8 Å². The van der Waals surface area contributed by atoms with Crippen molar-refractivity contribution in [3.8, 4) is 0 Å². The Bertz CT molecular complexity index is 228. The van der Waals surface area contributed by atoms with Crippen LogP contribution in [0.15, 0.2) is 6.20 Å². The standard InChI is InChI=1S/C7H11ClN2/c1-5(2)10-4-6(3)9-7(10)8/h4-5H,1-3H3. The lowest BCUT2D eigenvalue weighted by molar-refractivity contribution is 0.600. The van der Waals surface area contributed by atoms with E-state index in [1.54, 1.807) is 0 Å². The lowest BCUT2D eigenvalue weighted by atomic mass is 10.4. The highest BCUT2D eigenvalue weighted by Crippen LogP contribution is 2.14. The summed E-state index contributed by atoms with van der Waals surface area (Å²) in [5, 5.41) is 0.576. The summed E-state index contributed by atoms with van der Waals surface area (Å²) in [5.41, 5.74) is 0.971. The van der Waals surface area contributed by atoms with Crippen molar-refractivity contribution in [1.29, 1.82) is 0 Å². The second-order valence-corrected chi connectivity index (χ2v) is 2.99. The van der Waals surface area contributed by atoms with Crippen LogP contribution in [0.1, 0.15) is 25.6 Å². The van der Waals surface area contributed by atoms with E-state index in [4.69, 9.17) is 11.6 Å². The Labute approximate surface area is 65.8 Å². The maximum absolute atomic E-state index is 5.79. The van der Waals surface area contributed by atoms with E-state index >= 15 is 0 Å². The van der Waals surface area contributed by atoms with Gasteiger partial charge in [0.05, 0.1) is 5.69 Å². The summed E-state index contributed by atoms with van der Waals surface area (Å²) >= 11 is 5.79. The van der Waals surface area contributed by atoms with Crippen molar-refractivity contribution in [3.05, 3.63) is 17.2 Å². The lowest BCUT2D eigenvalue weighted by Crippen LogP contribution is -1.97. The van der Waals surface area contributed by atoms with Gasteiger partial charge >= 0.3 is 0 Å². The third kappa shape index (κ3) is 1.32. The highest BCUT2D eigenvalue weighted by Gasteiger charge is 2.03. The average Bonchev–Trinajstić information content (AvgIpc) is 2.10. The van der Waals surface area contributed by atoms with Crippen molar-refractivity contribution in [2.24, 2.45) is 0 Å². The minimum absolute atomic E-state index is 0.397. The van der Waals surface area contributed by atoms with Crippen molar-refractivity contribution in [1.82, 2.24) is 9.55 Å². The molecule has 10 heavy (non-hydrogen) atoms. The summed E-state index contributed by atoms with van der Waals surface area (Å²) in [4.78, 5) is 4.06. The molecule has 0 aliphatic carbocycles. The normalized spacial score (nSPS) is 10.9. The van der Waals surface area contributed by atoms with E-state index in [1.807, 2.05) is 17.7 Å². The van der Waals surface area contributed by atoms with E-state index < -0.39 is 0 Å². The van der Waals surface area contributed by atoms with Crippen molar-refractivity contribution in [3.63, 3.8) is 0 Å². The highest BCUT2D eigenvalue weighted by molar-refractivity contribution is 6.28. The van der Waals surface area contributed by atoms with Gasteiger partial charge in [-0.05, 0) is 32.4 Å². The Balaban J connectivity index is 3.03. The molecule has 3 heteroatoms. The largest absolute Gasteiger partial charge is 0.319 e. The Kier molecular flexibility index (Phi) is 2.00. The fourth-order valence-corrected chi connectivity index (χ4v) is 1.23. The number of imidazole rings is 1. The molecule has 0 aliphatic rings. The SMILES string of the molecule is Cc1cn(C(C)C)c(Cl)n1. The second-order valence-electron chi connectivity index (χ2n) is 2.65. The third-order valence-electron chi connectivity index (χ3n) is 1.36. The fourth-order valence-electron chi connectivity index (χ4n) is 0.849. The summed E-state index contributed by atoms with van der Waals surface area (Å²) < 4.78 is 1.94. The first-order valence-electron chi connectivity index (χ1n) is 3.32. The molecule has 1 heterocycles. The molecule has 0 radical (unpaired) electrons.